The van der Waals surface area contributed by atoms with Gasteiger partial charge in [-0.2, -0.15) is 11.8 Å². The average molecular weight is 295 g/mol. The second kappa shape index (κ2) is 6.65. The lowest BCUT2D eigenvalue weighted by Gasteiger charge is -2.24. The molecule has 1 fully saturated rings. The van der Waals surface area contributed by atoms with Gasteiger partial charge in [-0.25, -0.2) is 4.79 Å². The summed E-state index contributed by atoms with van der Waals surface area (Å²) in [5, 5.41) is 8.58. The monoisotopic (exact) mass is 295 g/mol. The molecule has 1 N–H and O–H groups in total. The van der Waals surface area contributed by atoms with Crippen molar-refractivity contribution in [3.63, 3.8) is 0 Å². The Morgan fingerprint density at radius 1 is 1.50 bits per heavy atom. The average Bonchev–Trinajstić information content (AvgIpc) is 2.98. The Morgan fingerprint density at radius 2 is 2.30 bits per heavy atom. The number of ether oxygens (including phenoxy) is 1. The molecular weight excluding hydrogens is 278 g/mol. The number of aliphatic carboxylic acids is 1. The van der Waals surface area contributed by atoms with Crippen LogP contribution in [-0.2, 0) is 4.79 Å². The first-order valence-electron chi connectivity index (χ1n) is 6.37. The molecule has 1 saturated heterocycles. The molecule has 0 aliphatic carbocycles. The van der Waals surface area contributed by atoms with Crippen molar-refractivity contribution in [2.75, 3.05) is 25.2 Å². The zero-order valence-electron chi connectivity index (χ0n) is 11.2. The van der Waals surface area contributed by atoms with E-state index in [1.165, 1.54) is 0 Å². The summed E-state index contributed by atoms with van der Waals surface area (Å²) >= 11 is 1.85. The fourth-order valence-electron chi connectivity index (χ4n) is 2.06. The Kier molecular flexibility index (Phi) is 4.89. The van der Waals surface area contributed by atoms with E-state index in [1.54, 1.807) is 29.2 Å². The van der Waals surface area contributed by atoms with Crippen molar-refractivity contribution in [2.24, 2.45) is 0 Å². The molecule has 1 aliphatic heterocycles. The highest BCUT2D eigenvalue weighted by Gasteiger charge is 2.24. The third-order valence-electron chi connectivity index (χ3n) is 3.22. The number of carbonyl (C=O) groups is 2. The zero-order chi connectivity index (χ0) is 14.5. The lowest BCUT2D eigenvalue weighted by molar-refractivity contribution is -0.139. The van der Waals surface area contributed by atoms with Gasteiger partial charge in [-0.05, 0) is 30.4 Å². The van der Waals surface area contributed by atoms with Gasteiger partial charge in [-0.15, -0.1) is 0 Å². The van der Waals surface area contributed by atoms with Crippen LogP contribution in [-0.4, -0.2) is 53.1 Å². The normalized spacial score (nSPS) is 17.8. The summed E-state index contributed by atoms with van der Waals surface area (Å²) in [5.74, 6) is 1.36. The second-order valence-corrected chi connectivity index (χ2v) is 5.79. The van der Waals surface area contributed by atoms with Gasteiger partial charge >= 0.3 is 5.97 Å². The minimum Gasteiger partial charge on any atom is -0.482 e. The minimum atomic E-state index is -1.04. The third kappa shape index (κ3) is 3.66. The third-order valence-corrected chi connectivity index (χ3v) is 4.36. The van der Waals surface area contributed by atoms with E-state index in [4.69, 9.17) is 9.84 Å². The molecule has 0 saturated carbocycles. The highest BCUT2D eigenvalue weighted by molar-refractivity contribution is 7.99. The smallest absolute Gasteiger partial charge is 0.341 e. The van der Waals surface area contributed by atoms with Crippen molar-refractivity contribution < 1.29 is 19.4 Å². The van der Waals surface area contributed by atoms with Gasteiger partial charge in [0.1, 0.15) is 5.75 Å². The molecule has 1 aromatic rings. The van der Waals surface area contributed by atoms with E-state index >= 15 is 0 Å². The molecule has 1 aliphatic rings. The lowest BCUT2D eigenvalue weighted by atomic mass is 10.1. The minimum absolute atomic E-state index is 0.0572. The number of amides is 1. The van der Waals surface area contributed by atoms with Crippen molar-refractivity contribution in [3.05, 3.63) is 29.8 Å². The molecule has 0 aromatic heterocycles. The number of carbonyl (C=O) groups excluding carboxylic acids is 1. The van der Waals surface area contributed by atoms with Crippen molar-refractivity contribution >= 4 is 23.6 Å². The van der Waals surface area contributed by atoms with E-state index in [0.29, 0.717) is 11.3 Å². The first kappa shape index (κ1) is 14.7. The Hall–Kier alpha value is -1.69. The van der Waals surface area contributed by atoms with E-state index in [0.717, 1.165) is 17.9 Å². The largest absolute Gasteiger partial charge is 0.482 e. The Labute approximate surface area is 121 Å². The number of benzene rings is 1. The van der Waals surface area contributed by atoms with Gasteiger partial charge in [0.25, 0.3) is 5.91 Å². The Bertz CT molecular complexity index is 500. The number of rotatable bonds is 5. The molecule has 108 valence electrons. The van der Waals surface area contributed by atoms with E-state index in [-0.39, 0.29) is 11.9 Å². The molecule has 1 amide bonds. The fourth-order valence-corrected chi connectivity index (χ4v) is 3.33. The summed E-state index contributed by atoms with van der Waals surface area (Å²) in [6.07, 6.45) is 1.02. The van der Waals surface area contributed by atoms with Crippen molar-refractivity contribution in [1.82, 2.24) is 4.90 Å². The van der Waals surface area contributed by atoms with Gasteiger partial charge < -0.3 is 14.7 Å². The topological polar surface area (TPSA) is 66.8 Å². The van der Waals surface area contributed by atoms with Crippen molar-refractivity contribution in [1.29, 1.82) is 0 Å². The molecular formula is C14H17NO4S. The number of nitrogens with zero attached hydrogens (tertiary/aromatic N) is 1. The maximum atomic E-state index is 12.4. The molecule has 1 heterocycles. The van der Waals surface area contributed by atoms with E-state index < -0.39 is 12.6 Å². The van der Waals surface area contributed by atoms with Crippen LogP contribution in [0.1, 0.15) is 16.8 Å². The first-order valence-corrected chi connectivity index (χ1v) is 7.53. The predicted molar refractivity (Wildman–Crippen MR) is 77.4 cm³/mol. The van der Waals surface area contributed by atoms with E-state index in [9.17, 15) is 9.59 Å². The van der Waals surface area contributed by atoms with Crippen LogP contribution < -0.4 is 4.74 Å². The molecule has 5 nitrogen and oxygen atoms in total. The lowest BCUT2D eigenvalue weighted by Crippen LogP contribution is -2.36. The zero-order valence-corrected chi connectivity index (χ0v) is 12.1. The maximum Gasteiger partial charge on any atom is 0.341 e. The summed E-state index contributed by atoms with van der Waals surface area (Å²) in [6.45, 7) is -0.410. The number of thioether (sulfide) groups is 1. The summed E-state index contributed by atoms with van der Waals surface area (Å²) in [6, 6.07) is 6.92. The summed E-state index contributed by atoms with van der Waals surface area (Å²) in [5.41, 5.74) is 0.521. The second-order valence-electron chi connectivity index (χ2n) is 4.64. The van der Waals surface area contributed by atoms with Crippen LogP contribution >= 0.6 is 11.8 Å². The molecule has 6 heteroatoms. The standard InChI is InChI=1S/C14H17NO4S/c1-15(11-5-6-20-9-11)14(18)10-3-2-4-12(7-10)19-8-13(16)17/h2-4,7,11H,5-6,8-9H2,1H3,(H,16,17). The van der Waals surface area contributed by atoms with Crippen LogP contribution in [0.2, 0.25) is 0 Å². The number of hydrogen-bond donors (Lipinski definition) is 1. The maximum absolute atomic E-state index is 12.4. The number of carboxylic acid groups (broad SMARTS) is 1. The van der Waals surface area contributed by atoms with Crippen LogP contribution in [0.5, 0.6) is 5.75 Å². The van der Waals surface area contributed by atoms with E-state index in [2.05, 4.69) is 0 Å². The quantitative estimate of drug-likeness (QED) is 0.896. The molecule has 20 heavy (non-hydrogen) atoms. The van der Waals surface area contributed by atoms with Crippen LogP contribution in [0, 0.1) is 0 Å². The molecule has 0 bridgehead atoms. The van der Waals surface area contributed by atoms with Gasteiger partial charge in [-0.1, -0.05) is 6.07 Å². The van der Waals surface area contributed by atoms with E-state index in [1.807, 2.05) is 18.8 Å². The summed E-state index contributed by atoms with van der Waals surface area (Å²) in [7, 11) is 1.81. The van der Waals surface area contributed by atoms with Gasteiger partial charge in [-0.3, -0.25) is 4.79 Å². The van der Waals surface area contributed by atoms with Crippen LogP contribution in [0.25, 0.3) is 0 Å². The summed E-state index contributed by atoms with van der Waals surface area (Å²) < 4.78 is 5.09. The molecule has 0 spiro atoms. The van der Waals surface area contributed by atoms with Crippen LogP contribution in [0.3, 0.4) is 0 Å². The Morgan fingerprint density at radius 3 is 2.95 bits per heavy atom. The highest BCUT2D eigenvalue weighted by atomic mass is 32.2. The van der Waals surface area contributed by atoms with Crippen LogP contribution in [0.15, 0.2) is 24.3 Å². The number of hydrogen-bond acceptors (Lipinski definition) is 4. The van der Waals surface area contributed by atoms with Gasteiger partial charge in [0.2, 0.25) is 0 Å². The summed E-state index contributed by atoms with van der Waals surface area (Å²) in [4.78, 5) is 24.6. The molecule has 2 rings (SSSR count). The van der Waals surface area contributed by atoms with Crippen LogP contribution in [0.4, 0.5) is 0 Å². The highest BCUT2D eigenvalue weighted by Crippen LogP contribution is 2.23. The van der Waals surface area contributed by atoms with Gasteiger partial charge in [0, 0.05) is 24.4 Å². The molecule has 1 aromatic carbocycles. The molecule has 1 unspecified atom stereocenters. The van der Waals surface area contributed by atoms with Gasteiger partial charge in [0.05, 0.1) is 0 Å². The molecule has 1 atom stereocenters. The van der Waals surface area contributed by atoms with Gasteiger partial charge in [0.15, 0.2) is 6.61 Å². The SMILES string of the molecule is CN(C(=O)c1cccc(OCC(=O)O)c1)C1CCSC1. The Balaban J connectivity index is 2.05. The number of carboxylic acids is 1. The van der Waals surface area contributed by atoms with Crippen molar-refractivity contribution in [2.45, 2.75) is 12.5 Å². The van der Waals surface area contributed by atoms with Crippen molar-refractivity contribution in [3.8, 4) is 5.75 Å². The predicted octanol–water partition coefficient (Wildman–Crippen LogP) is 1.73. The first-order chi connectivity index (χ1) is 9.58. The fraction of sp³-hybridized carbons (Fsp3) is 0.429. The molecule has 0 radical (unpaired) electrons.